The van der Waals surface area contributed by atoms with E-state index in [2.05, 4.69) is 92.4 Å². The Morgan fingerprint density at radius 1 is 1.00 bits per heavy atom. The second-order valence-electron chi connectivity index (χ2n) is 11.4. The topological polar surface area (TPSA) is 95.1 Å². The van der Waals surface area contributed by atoms with Gasteiger partial charge in [0.2, 0.25) is 5.91 Å². The molecule has 6 rings (SSSR count). The van der Waals surface area contributed by atoms with E-state index in [9.17, 15) is 4.79 Å². The Morgan fingerprint density at radius 3 is 2.57 bits per heavy atom. The molecular weight excluding hydrogens is 578 g/mol. The van der Waals surface area contributed by atoms with Gasteiger partial charge in [-0.05, 0) is 47.9 Å². The predicted molar refractivity (Wildman–Crippen MR) is 184 cm³/mol. The standard InChI is InChI=1S/C36H41N7O3/c1-4-15-41-16-18-42(19-17-41)32-23-33(45-3)30(22-29(32)40-36(44)5-2)39-34-24-35(38-25-37-34)43-31(14-20-46-43)28-13-9-12-27(21-28)26-10-7-6-8-11-26/h5-13,21-25,31H,2,4,14-20H2,1,3H3,(H,40,44)(H,37,38,39). The van der Waals surface area contributed by atoms with Crippen LogP contribution in [0.3, 0.4) is 0 Å². The van der Waals surface area contributed by atoms with E-state index in [1.807, 2.05) is 29.3 Å². The molecule has 2 N–H and O–H groups in total. The molecule has 2 aliphatic heterocycles. The molecular formula is C36H41N7O3. The highest BCUT2D eigenvalue weighted by atomic mass is 16.7. The first kappa shape index (κ1) is 31.1. The Labute approximate surface area is 270 Å². The van der Waals surface area contributed by atoms with E-state index in [1.165, 1.54) is 18.0 Å². The summed E-state index contributed by atoms with van der Waals surface area (Å²) in [5.74, 6) is 1.57. The van der Waals surface area contributed by atoms with Crippen LogP contribution in [0.1, 0.15) is 31.4 Å². The van der Waals surface area contributed by atoms with Gasteiger partial charge in [0.1, 0.15) is 17.9 Å². The number of ether oxygens (including phenoxy) is 1. The van der Waals surface area contributed by atoms with Crippen molar-refractivity contribution >= 4 is 34.6 Å². The number of amides is 1. The molecule has 3 heterocycles. The summed E-state index contributed by atoms with van der Waals surface area (Å²) < 4.78 is 5.84. The van der Waals surface area contributed by atoms with Gasteiger partial charge in [-0.3, -0.25) is 14.5 Å². The normalized spacial score (nSPS) is 16.7. The number of hydrogen-bond donors (Lipinski definition) is 2. The quantitative estimate of drug-likeness (QED) is 0.184. The Balaban J connectivity index is 1.25. The lowest BCUT2D eigenvalue weighted by Gasteiger charge is -2.37. The van der Waals surface area contributed by atoms with Gasteiger partial charge in [-0.15, -0.1) is 0 Å². The van der Waals surface area contributed by atoms with Crippen LogP contribution in [-0.2, 0) is 9.63 Å². The lowest BCUT2D eigenvalue weighted by atomic mass is 9.98. The molecule has 1 atom stereocenters. The van der Waals surface area contributed by atoms with Gasteiger partial charge < -0.3 is 20.3 Å². The van der Waals surface area contributed by atoms with Gasteiger partial charge >= 0.3 is 0 Å². The molecule has 2 aliphatic rings. The van der Waals surface area contributed by atoms with Gasteiger partial charge in [0.15, 0.2) is 5.82 Å². The van der Waals surface area contributed by atoms with E-state index >= 15 is 0 Å². The lowest BCUT2D eigenvalue weighted by molar-refractivity contribution is -0.111. The molecule has 0 aliphatic carbocycles. The van der Waals surface area contributed by atoms with Crippen molar-refractivity contribution in [3.8, 4) is 16.9 Å². The molecule has 0 spiro atoms. The van der Waals surface area contributed by atoms with Crippen LogP contribution in [0, 0.1) is 0 Å². The highest BCUT2D eigenvalue weighted by molar-refractivity contribution is 6.02. The average molecular weight is 620 g/mol. The monoisotopic (exact) mass is 619 g/mol. The van der Waals surface area contributed by atoms with Gasteiger partial charge in [0.25, 0.3) is 0 Å². The number of nitrogens with one attached hydrogen (secondary N) is 2. The van der Waals surface area contributed by atoms with E-state index in [1.54, 1.807) is 7.11 Å². The van der Waals surface area contributed by atoms with Crippen LogP contribution in [0.15, 0.2) is 91.8 Å². The Morgan fingerprint density at radius 2 is 1.80 bits per heavy atom. The summed E-state index contributed by atoms with van der Waals surface area (Å²) in [5.41, 5.74) is 5.73. The van der Waals surface area contributed by atoms with Crippen LogP contribution in [0.25, 0.3) is 11.1 Å². The van der Waals surface area contributed by atoms with Crippen molar-refractivity contribution < 1.29 is 14.4 Å². The van der Waals surface area contributed by atoms with Crippen LogP contribution in [0.4, 0.5) is 28.7 Å². The number of nitrogens with zero attached hydrogens (tertiary/aromatic N) is 5. The first-order valence-electron chi connectivity index (χ1n) is 15.9. The summed E-state index contributed by atoms with van der Waals surface area (Å²) in [6.07, 6.45) is 4.76. The van der Waals surface area contributed by atoms with E-state index in [-0.39, 0.29) is 11.9 Å². The molecule has 0 saturated carbocycles. The minimum absolute atomic E-state index is 0.00116. The minimum Gasteiger partial charge on any atom is -0.494 e. The molecule has 4 aromatic rings. The van der Waals surface area contributed by atoms with Gasteiger partial charge in [0, 0.05) is 44.7 Å². The van der Waals surface area contributed by atoms with Gasteiger partial charge in [-0.1, -0.05) is 62.0 Å². The van der Waals surface area contributed by atoms with E-state index in [0.717, 1.165) is 62.4 Å². The summed E-state index contributed by atoms with van der Waals surface area (Å²) in [7, 11) is 1.64. The maximum absolute atomic E-state index is 12.5. The number of aromatic nitrogens is 2. The van der Waals surface area contributed by atoms with Crippen molar-refractivity contribution in [1.29, 1.82) is 0 Å². The van der Waals surface area contributed by atoms with Crippen molar-refractivity contribution in [2.24, 2.45) is 0 Å². The van der Waals surface area contributed by atoms with Gasteiger partial charge in [-0.25, -0.2) is 15.0 Å². The second kappa shape index (κ2) is 14.4. The predicted octanol–water partition coefficient (Wildman–Crippen LogP) is 6.44. The van der Waals surface area contributed by atoms with Crippen molar-refractivity contribution in [2.75, 3.05) is 67.0 Å². The van der Waals surface area contributed by atoms with Crippen LogP contribution in [0.5, 0.6) is 5.75 Å². The number of hydroxylamine groups is 1. The Hall–Kier alpha value is -4.93. The zero-order valence-corrected chi connectivity index (χ0v) is 26.5. The molecule has 10 nitrogen and oxygen atoms in total. The summed E-state index contributed by atoms with van der Waals surface area (Å²) in [4.78, 5) is 32.4. The highest BCUT2D eigenvalue weighted by Crippen LogP contribution is 2.40. The molecule has 0 bridgehead atoms. The fourth-order valence-electron chi connectivity index (χ4n) is 6.14. The van der Waals surface area contributed by atoms with E-state index < -0.39 is 0 Å². The lowest BCUT2D eigenvalue weighted by Crippen LogP contribution is -2.46. The van der Waals surface area contributed by atoms with E-state index in [0.29, 0.717) is 35.4 Å². The van der Waals surface area contributed by atoms with Crippen molar-refractivity contribution in [3.05, 3.63) is 97.3 Å². The Bertz CT molecular complexity index is 1660. The summed E-state index contributed by atoms with van der Waals surface area (Å²) in [6, 6.07) is 24.7. The third-order valence-corrected chi connectivity index (χ3v) is 8.44. The number of benzene rings is 3. The van der Waals surface area contributed by atoms with Crippen LogP contribution in [0.2, 0.25) is 0 Å². The molecule has 1 amide bonds. The first-order chi connectivity index (χ1) is 22.6. The number of carbonyl (C=O) groups is 1. The average Bonchev–Trinajstić information content (AvgIpc) is 3.60. The molecule has 3 aromatic carbocycles. The number of hydrogen-bond acceptors (Lipinski definition) is 9. The highest BCUT2D eigenvalue weighted by Gasteiger charge is 2.30. The number of rotatable bonds is 11. The largest absolute Gasteiger partial charge is 0.494 e. The van der Waals surface area contributed by atoms with Crippen LogP contribution in [-0.4, -0.2) is 67.2 Å². The van der Waals surface area contributed by atoms with Crippen molar-refractivity contribution in [3.63, 3.8) is 0 Å². The summed E-state index contributed by atoms with van der Waals surface area (Å²) >= 11 is 0. The Kier molecular flexibility index (Phi) is 9.76. The van der Waals surface area contributed by atoms with Crippen LogP contribution >= 0.6 is 0 Å². The molecule has 10 heteroatoms. The smallest absolute Gasteiger partial charge is 0.247 e. The molecule has 2 saturated heterocycles. The van der Waals surface area contributed by atoms with Gasteiger partial charge in [0.05, 0.1) is 36.8 Å². The zero-order chi connectivity index (χ0) is 31.9. The second-order valence-corrected chi connectivity index (χ2v) is 11.4. The fraction of sp³-hybridized carbons (Fsp3) is 0.306. The molecule has 0 radical (unpaired) electrons. The molecule has 46 heavy (non-hydrogen) atoms. The molecule has 1 aromatic heterocycles. The number of carbonyl (C=O) groups excluding carboxylic acids is 1. The van der Waals surface area contributed by atoms with Crippen molar-refractivity contribution in [2.45, 2.75) is 25.8 Å². The number of methoxy groups -OCH3 is 1. The molecule has 1 unspecified atom stereocenters. The van der Waals surface area contributed by atoms with Gasteiger partial charge in [-0.2, -0.15) is 0 Å². The maximum atomic E-state index is 12.5. The fourth-order valence-corrected chi connectivity index (χ4v) is 6.14. The number of piperazine rings is 1. The third-order valence-electron chi connectivity index (χ3n) is 8.44. The SMILES string of the molecule is C=CC(=O)Nc1cc(Nc2cc(N3OCCC3c3cccc(-c4ccccc4)c3)ncn2)c(OC)cc1N1CCN(CCC)CC1. The zero-order valence-electron chi connectivity index (χ0n) is 26.5. The summed E-state index contributed by atoms with van der Waals surface area (Å²) in [6.45, 7) is 11.2. The third kappa shape index (κ3) is 6.98. The molecule has 238 valence electrons. The van der Waals surface area contributed by atoms with E-state index in [4.69, 9.17) is 9.57 Å². The van der Waals surface area contributed by atoms with Crippen LogP contribution < -0.4 is 25.3 Å². The first-order valence-corrected chi connectivity index (χ1v) is 15.9. The minimum atomic E-state index is -0.278. The number of anilines is 5. The van der Waals surface area contributed by atoms with Crippen molar-refractivity contribution in [1.82, 2.24) is 14.9 Å². The maximum Gasteiger partial charge on any atom is 0.247 e. The summed E-state index contributed by atoms with van der Waals surface area (Å²) in [5, 5.41) is 8.26. The molecule has 2 fully saturated rings.